The van der Waals surface area contributed by atoms with Crippen molar-refractivity contribution in [2.24, 2.45) is 5.92 Å². The second-order valence-corrected chi connectivity index (χ2v) is 12.7. The van der Waals surface area contributed by atoms with Crippen LogP contribution in [0.2, 0.25) is 0 Å². The number of hydrogen-bond acceptors (Lipinski definition) is 9. The zero-order valence-electron chi connectivity index (χ0n) is 24.0. The van der Waals surface area contributed by atoms with E-state index in [0.29, 0.717) is 24.8 Å². The first-order chi connectivity index (χ1) is 20.7. The Balaban J connectivity index is 1.68. The second-order valence-electron chi connectivity index (χ2n) is 10.7. The average Bonchev–Trinajstić information content (AvgIpc) is 3.67. The van der Waals surface area contributed by atoms with E-state index in [-0.39, 0.29) is 25.5 Å². The van der Waals surface area contributed by atoms with Gasteiger partial charge in [0.15, 0.2) is 9.84 Å². The van der Waals surface area contributed by atoms with E-state index in [1.165, 1.54) is 4.90 Å². The Labute approximate surface area is 253 Å². The Hall–Kier alpha value is -4.47. The molecule has 0 bridgehead atoms. The number of nitrogens with one attached hydrogen (secondary N) is 3. The predicted molar refractivity (Wildman–Crippen MR) is 153 cm³/mol. The SMILES string of the molecule is CS(=O)(=O)C=C[C@H](CC(=O)O)NC(=O)[C@H]1CCCN1C(=O)[C@@H](NC(=O)[C@H](CC(=O)O)NC(=O)OCc1ccccc1)C1CC1. The summed E-state index contributed by atoms with van der Waals surface area (Å²) in [6.07, 6.45) is 1.44. The van der Waals surface area contributed by atoms with Crippen molar-refractivity contribution in [1.82, 2.24) is 20.9 Å². The molecule has 240 valence electrons. The molecule has 0 aromatic heterocycles. The van der Waals surface area contributed by atoms with Gasteiger partial charge in [0.2, 0.25) is 17.7 Å². The lowest BCUT2D eigenvalue weighted by Crippen LogP contribution is -2.58. The maximum absolute atomic E-state index is 13.6. The van der Waals surface area contributed by atoms with Crippen LogP contribution in [0.3, 0.4) is 0 Å². The monoisotopic (exact) mass is 636 g/mol. The molecular weight excluding hydrogens is 600 g/mol. The quantitative estimate of drug-likeness (QED) is 0.174. The van der Waals surface area contributed by atoms with E-state index in [2.05, 4.69) is 16.0 Å². The molecule has 16 heteroatoms. The minimum atomic E-state index is -3.60. The van der Waals surface area contributed by atoms with E-state index < -0.39 is 82.6 Å². The maximum atomic E-state index is 13.6. The number of carbonyl (C=O) groups excluding carboxylic acids is 4. The number of rotatable bonds is 15. The van der Waals surface area contributed by atoms with Gasteiger partial charge in [0, 0.05) is 18.2 Å². The number of carbonyl (C=O) groups is 6. The van der Waals surface area contributed by atoms with Gasteiger partial charge in [-0.05, 0) is 37.2 Å². The summed E-state index contributed by atoms with van der Waals surface area (Å²) in [5, 5.41) is 26.6. The van der Waals surface area contributed by atoms with Crippen LogP contribution in [0.1, 0.15) is 44.1 Å². The van der Waals surface area contributed by atoms with Gasteiger partial charge in [0.1, 0.15) is 24.7 Å². The number of alkyl carbamates (subject to hydrolysis) is 1. The molecule has 4 atom stereocenters. The van der Waals surface area contributed by atoms with Gasteiger partial charge in [-0.1, -0.05) is 36.4 Å². The van der Waals surface area contributed by atoms with Crippen LogP contribution >= 0.6 is 0 Å². The zero-order valence-corrected chi connectivity index (χ0v) is 24.8. The third-order valence-corrected chi connectivity index (χ3v) is 7.63. The predicted octanol–water partition coefficient (Wildman–Crippen LogP) is 0.160. The van der Waals surface area contributed by atoms with E-state index >= 15 is 0 Å². The zero-order chi connectivity index (χ0) is 32.4. The fraction of sp³-hybridized carbons (Fsp3) is 0.500. The summed E-state index contributed by atoms with van der Waals surface area (Å²) < 4.78 is 28.1. The minimum absolute atomic E-state index is 0.118. The van der Waals surface area contributed by atoms with Gasteiger partial charge in [-0.25, -0.2) is 13.2 Å². The van der Waals surface area contributed by atoms with Crippen molar-refractivity contribution in [1.29, 1.82) is 0 Å². The Kier molecular flexibility index (Phi) is 11.8. The number of aliphatic carboxylic acids is 2. The van der Waals surface area contributed by atoms with Gasteiger partial charge < -0.3 is 35.8 Å². The summed E-state index contributed by atoms with van der Waals surface area (Å²) in [6, 6.07) is 3.86. The van der Waals surface area contributed by atoms with Crippen LogP contribution in [0.4, 0.5) is 4.79 Å². The molecule has 1 aromatic carbocycles. The second kappa shape index (κ2) is 15.3. The Morgan fingerprint density at radius 2 is 1.64 bits per heavy atom. The lowest BCUT2D eigenvalue weighted by Gasteiger charge is -2.30. The van der Waals surface area contributed by atoms with E-state index in [9.17, 15) is 47.4 Å². The Morgan fingerprint density at radius 3 is 2.23 bits per heavy atom. The largest absolute Gasteiger partial charge is 0.481 e. The van der Waals surface area contributed by atoms with Crippen molar-refractivity contribution in [3.63, 3.8) is 0 Å². The fourth-order valence-electron chi connectivity index (χ4n) is 4.71. The molecule has 1 aliphatic heterocycles. The van der Waals surface area contributed by atoms with Crippen LogP contribution in [0.5, 0.6) is 0 Å². The molecule has 2 fully saturated rings. The van der Waals surface area contributed by atoms with E-state index in [1.807, 2.05) is 0 Å². The van der Waals surface area contributed by atoms with Crippen LogP contribution in [0.25, 0.3) is 0 Å². The first-order valence-corrected chi connectivity index (χ1v) is 15.9. The van der Waals surface area contributed by atoms with Gasteiger partial charge in [0.05, 0.1) is 18.9 Å². The number of nitrogens with zero attached hydrogens (tertiary/aromatic N) is 1. The van der Waals surface area contributed by atoms with Crippen molar-refractivity contribution in [3.8, 4) is 0 Å². The summed E-state index contributed by atoms with van der Waals surface area (Å²) in [5.41, 5.74) is 0.672. The van der Waals surface area contributed by atoms with Gasteiger partial charge in [0.25, 0.3) is 0 Å². The van der Waals surface area contributed by atoms with Crippen molar-refractivity contribution in [3.05, 3.63) is 47.4 Å². The van der Waals surface area contributed by atoms with Crippen molar-refractivity contribution >= 4 is 45.6 Å². The van der Waals surface area contributed by atoms with E-state index in [1.54, 1.807) is 30.3 Å². The van der Waals surface area contributed by atoms with Crippen LogP contribution in [-0.2, 0) is 45.2 Å². The molecule has 4 amide bonds. The third kappa shape index (κ3) is 11.0. The molecule has 1 aromatic rings. The number of sulfone groups is 1. The van der Waals surface area contributed by atoms with Gasteiger partial charge in [-0.2, -0.15) is 0 Å². The molecule has 0 radical (unpaired) electrons. The Bertz CT molecular complexity index is 1380. The molecule has 15 nitrogen and oxygen atoms in total. The van der Waals surface area contributed by atoms with Gasteiger partial charge in [-0.15, -0.1) is 0 Å². The normalized spacial score (nSPS) is 18.6. The molecule has 1 heterocycles. The van der Waals surface area contributed by atoms with E-state index in [0.717, 1.165) is 17.7 Å². The number of carboxylic acid groups (broad SMARTS) is 2. The summed E-state index contributed by atoms with van der Waals surface area (Å²) >= 11 is 0. The average molecular weight is 637 g/mol. The molecule has 1 saturated heterocycles. The first-order valence-electron chi connectivity index (χ1n) is 13.9. The van der Waals surface area contributed by atoms with Crippen LogP contribution < -0.4 is 16.0 Å². The standard InChI is InChI=1S/C28H36N4O11S/c1-44(41,42)13-11-19(14-22(33)34)29-26(38)21-8-5-12-32(21)27(39)24(18-9-10-18)31-25(37)20(15-23(35)36)30-28(40)43-16-17-6-3-2-4-7-17/h2-4,6-7,11,13,18-21,24H,5,8-10,12,14-16H2,1H3,(H,29,38)(H,30,40)(H,31,37)(H,33,34)(H,35,36)/t19-,20+,21-,24+/m1/s1. The van der Waals surface area contributed by atoms with Gasteiger partial charge >= 0.3 is 18.0 Å². The number of benzene rings is 1. The fourth-order valence-corrected chi connectivity index (χ4v) is 5.18. The van der Waals surface area contributed by atoms with E-state index in [4.69, 9.17) is 4.74 Å². The molecule has 0 unspecified atom stereocenters. The van der Waals surface area contributed by atoms with Gasteiger partial charge in [-0.3, -0.25) is 24.0 Å². The molecule has 1 aliphatic carbocycles. The number of ether oxygens (including phenoxy) is 1. The van der Waals surface area contributed by atoms with Crippen molar-refractivity contribution in [2.75, 3.05) is 12.8 Å². The van der Waals surface area contributed by atoms with Crippen molar-refractivity contribution < 1.29 is 52.1 Å². The molecule has 5 N–H and O–H groups in total. The number of carboxylic acids is 2. The number of amides is 4. The highest BCUT2D eigenvalue weighted by atomic mass is 32.2. The lowest BCUT2D eigenvalue weighted by molar-refractivity contribution is -0.143. The Morgan fingerprint density at radius 1 is 0.977 bits per heavy atom. The van der Waals surface area contributed by atoms with Crippen molar-refractivity contribution in [2.45, 2.75) is 69.3 Å². The molecular formula is C28H36N4O11S. The summed E-state index contributed by atoms with van der Waals surface area (Å²) in [6.45, 7) is 0.0501. The molecule has 44 heavy (non-hydrogen) atoms. The molecule has 3 rings (SSSR count). The van der Waals surface area contributed by atoms with Crippen LogP contribution in [0, 0.1) is 5.92 Å². The van der Waals surface area contributed by atoms with Crippen LogP contribution in [0.15, 0.2) is 41.8 Å². The third-order valence-electron chi connectivity index (χ3n) is 6.98. The summed E-state index contributed by atoms with van der Waals surface area (Å²) in [4.78, 5) is 76.3. The highest BCUT2D eigenvalue weighted by Crippen LogP contribution is 2.35. The summed E-state index contributed by atoms with van der Waals surface area (Å²) in [5.74, 6) is -5.11. The number of hydrogen-bond donors (Lipinski definition) is 5. The lowest BCUT2D eigenvalue weighted by atomic mass is 10.1. The molecule has 1 saturated carbocycles. The smallest absolute Gasteiger partial charge is 0.408 e. The maximum Gasteiger partial charge on any atom is 0.408 e. The first kappa shape index (κ1) is 34.0. The highest BCUT2D eigenvalue weighted by molar-refractivity contribution is 7.93. The van der Waals surface area contributed by atoms with Crippen LogP contribution in [-0.4, -0.2) is 96.3 Å². The molecule has 0 spiro atoms. The summed E-state index contributed by atoms with van der Waals surface area (Å²) in [7, 11) is -3.60. The molecule has 2 aliphatic rings. The number of likely N-dealkylation sites (tertiary alicyclic amines) is 1. The highest BCUT2D eigenvalue weighted by Gasteiger charge is 2.44. The topological polar surface area (TPSA) is 226 Å². The minimum Gasteiger partial charge on any atom is -0.481 e.